The molecule has 1 amide bonds. The standard InChI is InChI=1S/C28H27Cl2NO6S/c1-2-22(17-38(35,36)23-9-4-3-5-10-23)31-26(18-11-13-20(29)14-12-18)27(19-7-6-8-21(30)15-19)37-24(28(31)34)16-25(32)33/h3-15,22,24,26-27H,2,16-17H2,1H3,(H,32,33)/t22-,24+,26?,27?/m0/s1. The van der Waals surface area contributed by atoms with Crippen LogP contribution in [0.15, 0.2) is 83.8 Å². The Labute approximate surface area is 231 Å². The predicted octanol–water partition coefficient (Wildman–Crippen LogP) is 5.73. The van der Waals surface area contributed by atoms with E-state index in [4.69, 9.17) is 27.9 Å². The highest BCUT2D eigenvalue weighted by Crippen LogP contribution is 2.45. The number of hydrogen-bond acceptors (Lipinski definition) is 5. The van der Waals surface area contributed by atoms with Crippen LogP contribution in [0.5, 0.6) is 0 Å². The summed E-state index contributed by atoms with van der Waals surface area (Å²) in [6.07, 6.45) is -2.38. The molecule has 3 aromatic rings. The molecule has 1 aliphatic rings. The summed E-state index contributed by atoms with van der Waals surface area (Å²) in [6, 6.07) is 20.3. The smallest absolute Gasteiger partial charge is 0.306 e. The zero-order valence-electron chi connectivity index (χ0n) is 20.5. The fraction of sp³-hybridized carbons (Fsp3) is 0.286. The minimum Gasteiger partial charge on any atom is -0.481 e. The third-order valence-electron chi connectivity index (χ3n) is 6.55. The lowest BCUT2D eigenvalue weighted by molar-refractivity contribution is -0.182. The maximum Gasteiger partial charge on any atom is 0.306 e. The zero-order valence-corrected chi connectivity index (χ0v) is 22.9. The molecule has 3 aromatic carbocycles. The van der Waals surface area contributed by atoms with Crippen molar-refractivity contribution < 1.29 is 27.9 Å². The topological polar surface area (TPSA) is 101 Å². The van der Waals surface area contributed by atoms with E-state index in [0.717, 1.165) is 0 Å². The van der Waals surface area contributed by atoms with Crippen LogP contribution in [0.1, 0.15) is 43.0 Å². The number of sulfone groups is 1. The van der Waals surface area contributed by atoms with Crippen LogP contribution in [-0.4, -0.2) is 48.2 Å². The van der Waals surface area contributed by atoms with Gasteiger partial charge in [0.1, 0.15) is 12.2 Å². The van der Waals surface area contributed by atoms with Gasteiger partial charge >= 0.3 is 5.97 Å². The fourth-order valence-electron chi connectivity index (χ4n) is 4.77. The van der Waals surface area contributed by atoms with Crippen LogP contribution in [-0.2, 0) is 24.2 Å². The second-order valence-electron chi connectivity index (χ2n) is 9.10. The number of carbonyl (C=O) groups is 2. The second kappa shape index (κ2) is 11.9. The largest absolute Gasteiger partial charge is 0.481 e. The summed E-state index contributed by atoms with van der Waals surface area (Å²) in [5, 5.41) is 10.5. The first kappa shape index (κ1) is 28.1. The van der Waals surface area contributed by atoms with E-state index in [9.17, 15) is 23.1 Å². The monoisotopic (exact) mass is 575 g/mol. The number of morpholine rings is 1. The van der Waals surface area contributed by atoms with Gasteiger partial charge in [0.15, 0.2) is 9.84 Å². The molecule has 0 spiro atoms. The number of carboxylic acids is 1. The molecule has 200 valence electrons. The van der Waals surface area contributed by atoms with Crippen molar-refractivity contribution in [3.8, 4) is 0 Å². The van der Waals surface area contributed by atoms with E-state index in [1.807, 2.05) is 0 Å². The normalized spacial score (nSPS) is 20.8. The first-order valence-electron chi connectivity index (χ1n) is 12.1. The SMILES string of the molecule is CC[C@@H](CS(=O)(=O)c1ccccc1)N1C(=O)[C@@H](CC(=O)O)OC(c2cccc(Cl)c2)C1c1ccc(Cl)cc1. The molecule has 2 unspecified atom stereocenters. The van der Waals surface area contributed by atoms with Crippen molar-refractivity contribution in [3.05, 3.63) is 100 Å². The minimum absolute atomic E-state index is 0.149. The van der Waals surface area contributed by atoms with Gasteiger partial charge in [-0.25, -0.2) is 8.42 Å². The Morgan fingerprint density at radius 1 is 0.974 bits per heavy atom. The van der Waals surface area contributed by atoms with Crippen molar-refractivity contribution in [2.75, 3.05) is 5.75 Å². The zero-order chi connectivity index (χ0) is 27.4. The summed E-state index contributed by atoms with van der Waals surface area (Å²) in [7, 11) is -3.78. The number of nitrogens with zero attached hydrogens (tertiary/aromatic N) is 1. The molecule has 1 N–H and O–H groups in total. The average Bonchev–Trinajstić information content (AvgIpc) is 2.89. The third kappa shape index (κ3) is 6.21. The number of halogens is 2. The van der Waals surface area contributed by atoms with Crippen molar-refractivity contribution >= 4 is 44.9 Å². The summed E-state index contributed by atoms with van der Waals surface area (Å²) in [4.78, 5) is 27.2. The molecule has 4 atom stereocenters. The van der Waals surface area contributed by atoms with Crippen LogP contribution in [0.3, 0.4) is 0 Å². The van der Waals surface area contributed by atoms with Crippen LogP contribution in [0.4, 0.5) is 0 Å². The Morgan fingerprint density at radius 2 is 1.66 bits per heavy atom. The van der Waals surface area contributed by atoms with Crippen molar-refractivity contribution in [2.24, 2.45) is 0 Å². The molecule has 7 nitrogen and oxygen atoms in total. The van der Waals surface area contributed by atoms with Gasteiger partial charge in [0.05, 0.1) is 23.1 Å². The van der Waals surface area contributed by atoms with Crippen molar-refractivity contribution in [1.82, 2.24) is 4.90 Å². The highest BCUT2D eigenvalue weighted by atomic mass is 35.5. The number of aliphatic carboxylic acids is 1. The summed E-state index contributed by atoms with van der Waals surface area (Å²) in [6.45, 7) is 1.80. The number of benzene rings is 3. The first-order chi connectivity index (χ1) is 18.1. The molecule has 1 heterocycles. The maximum absolute atomic E-state index is 13.9. The van der Waals surface area contributed by atoms with E-state index in [1.54, 1.807) is 73.7 Å². The van der Waals surface area contributed by atoms with Gasteiger partial charge in [0.2, 0.25) is 0 Å². The van der Waals surface area contributed by atoms with Crippen LogP contribution in [0.25, 0.3) is 0 Å². The van der Waals surface area contributed by atoms with Gasteiger partial charge in [-0.05, 0) is 53.9 Å². The summed E-state index contributed by atoms with van der Waals surface area (Å²) < 4.78 is 33.0. The van der Waals surface area contributed by atoms with E-state index in [0.29, 0.717) is 27.6 Å². The molecule has 1 aliphatic heterocycles. The van der Waals surface area contributed by atoms with E-state index in [2.05, 4.69) is 0 Å². The molecule has 38 heavy (non-hydrogen) atoms. The van der Waals surface area contributed by atoms with Crippen LogP contribution in [0, 0.1) is 0 Å². The van der Waals surface area contributed by atoms with Gasteiger partial charge in [-0.2, -0.15) is 0 Å². The van der Waals surface area contributed by atoms with Gasteiger partial charge in [-0.1, -0.05) is 72.6 Å². The molecule has 10 heteroatoms. The van der Waals surface area contributed by atoms with E-state index < -0.39 is 52.4 Å². The molecule has 1 fully saturated rings. The predicted molar refractivity (Wildman–Crippen MR) is 145 cm³/mol. The van der Waals surface area contributed by atoms with Crippen LogP contribution >= 0.6 is 23.2 Å². The van der Waals surface area contributed by atoms with Gasteiger partial charge < -0.3 is 14.7 Å². The van der Waals surface area contributed by atoms with Gasteiger partial charge in [-0.15, -0.1) is 0 Å². The van der Waals surface area contributed by atoms with E-state index in [-0.39, 0.29) is 10.6 Å². The summed E-state index contributed by atoms with van der Waals surface area (Å²) in [5.74, 6) is -2.13. The van der Waals surface area contributed by atoms with Gasteiger partial charge in [-0.3, -0.25) is 9.59 Å². The first-order valence-corrected chi connectivity index (χ1v) is 14.5. The highest BCUT2D eigenvalue weighted by Gasteiger charge is 2.47. The van der Waals surface area contributed by atoms with Gasteiger partial charge in [0, 0.05) is 16.1 Å². The Bertz CT molecular complexity index is 1400. The van der Waals surface area contributed by atoms with Crippen LogP contribution in [0.2, 0.25) is 10.0 Å². The average molecular weight is 576 g/mol. The molecule has 0 aromatic heterocycles. The van der Waals surface area contributed by atoms with Crippen LogP contribution < -0.4 is 0 Å². The van der Waals surface area contributed by atoms with Crippen molar-refractivity contribution in [3.63, 3.8) is 0 Å². The fourth-order valence-corrected chi connectivity index (χ4v) is 6.76. The Hall–Kier alpha value is -2.91. The van der Waals surface area contributed by atoms with Gasteiger partial charge in [0.25, 0.3) is 5.91 Å². The maximum atomic E-state index is 13.9. The lowest BCUT2D eigenvalue weighted by Gasteiger charge is -2.48. The Balaban J connectivity index is 1.86. The van der Waals surface area contributed by atoms with E-state index >= 15 is 0 Å². The number of hydrogen-bond donors (Lipinski definition) is 1. The molecule has 1 saturated heterocycles. The summed E-state index contributed by atoms with van der Waals surface area (Å²) in [5.41, 5.74) is 1.29. The highest BCUT2D eigenvalue weighted by molar-refractivity contribution is 7.91. The van der Waals surface area contributed by atoms with Crippen molar-refractivity contribution in [1.29, 1.82) is 0 Å². The summed E-state index contributed by atoms with van der Waals surface area (Å²) >= 11 is 12.4. The minimum atomic E-state index is -3.78. The Kier molecular flexibility index (Phi) is 8.78. The second-order valence-corrected chi connectivity index (χ2v) is 12.0. The molecular weight excluding hydrogens is 549 g/mol. The third-order valence-corrected chi connectivity index (χ3v) is 8.86. The molecule has 0 saturated carbocycles. The number of rotatable bonds is 9. The molecule has 0 radical (unpaired) electrons. The lowest BCUT2D eigenvalue weighted by Crippen LogP contribution is -2.56. The van der Waals surface area contributed by atoms with Crippen molar-refractivity contribution in [2.45, 2.75) is 49.0 Å². The number of amides is 1. The lowest BCUT2D eigenvalue weighted by atomic mass is 9.89. The Morgan fingerprint density at radius 3 is 2.26 bits per heavy atom. The van der Waals surface area contributed by atoms with E-state index in [1.165, 1.54) is 17.0 Å². The number of carboxylic acid groups (broad SMARTS) is 1. The number of ether oxygens (including phenoxy) is 1. The quantitative estimate of drug-likeness (QED) is 0.349. The molecule has 0 bridgehead atoms. The molecular formula is C28H27Cl2NO6S. The molecule has 0 aliphatic carbocycles. The number of carbonyl (C=O) groups excluding carboxylic acids is 1. The molecule has 4 rings (SSSR count).